The summed E-state index contributed by atoms with van der Waals surface area (Å²) in [4.78, 5) is 30.4. The van der Waals surface area contributed by atoms with Crippen LogP contribution in [-0.4, -0.2) is 54.4 Å². The largest absolute Gasteiger partial charge is 0.379 e. The van der Waals surface area contributed by atoms with Gasteiger partial charge in [0.05, 0.1) is 19.3 Å². The summed E-state index contributed by atoms with van der Waals surface area (Å²) in [6.07, 6.45) is 0.611. The number of aromatic nitrogens is 1. The zero-order valence-electron chi connectivity index (χ0n) is 17.2. The Kier molecular flexibility index (Phi) is 7.11. The van der Waals surface area contributed by atoms with E-state index in [1.165, 1.54) is 6.92 Å². The van der Waals surface area contributed by atoms with Crippen molar-refractivity contribution in [2.75, 3.05) is 32.8 Å². The fraction of sp³-hybridized carbons (Fsp3) is 0.455. The molecule has 2 aromatic rings. The van der Waals surface area contributed by atoms with Crippen molar-refractivity contribution in [2.45, 2.75) is 33.2 Å². The number of amides is 1. The van der Waals surface area contributed by atoms with Crippen LogP contribution in [0.15, 0.2) is 24.3 Å². The molecular formula is C22H28ClN3O3. The summed E-state index contributed by atoms with van der Waals surface area (Å²) in [6, 6.07) is 7.68. The first-order valence-electron chi connectivity index (χ1n) is 10.0. The lowest BCUT2D eigenvalue weighted by Gasteiger charge is -2.35. The topological polar surface area (TPSA) is 74.4 Å². The molecule has 1 aromatic carbocycles. The second-order valence-electron chi connectivity index (χ2n) is 7.28. The van der Waals surface area contributed by atoms with E-state index in [2.05, 4.69) is 15.2 Å². The van der Waals surface area contributed by atoms with Gasteiger partial charge in [-0.05, 0) is 37.5 Å². The normalized spacial score (nSPS) is 15.9. The number of H-pyrrole nitrogens is 1. The molecule has 1 fully saturated rings. The molecule has 6 nitrogen and oxygen atoms in total. The maximum absolute atomic E-state index is 13.0. The number of benzene rings is 1. The van der Waals surface area contributed by atoms with Crippen molar-refractivity contribution >= 4 is 23.3 Å². The molecule has 1 saturated heterocycles. The summed E-state index contributed by atoms with van der Waals surface area (Å²) in [7, 11) is 0. The number of hydrogen-bond donors (Lipinski definition) is 2. The molecule has 1 aliphatic rings. The van der Waals surface area contributed by atoms with Crippen molar-refractivity contribution < 1.29 is 14.3 Å². The molecule has 1 unspecified atom stereocenters. The van der Waals surface area contributed by atoms with Crippen molar-refractivity contribution in [2.24, 2.45) is 0 Å². The third kappa shape index (κ3) is 4.71. The van der Waals surface area contributed by atoms with Crippen LogP contribution in [0.2, 0.25) is 5.02 Å². The molecular weight excluding hydrogens is 390 g/mol. The summed E-state index contributed by atoms with van der Waals surface area (Å²) < 4.78 is 5.48. The lowest BCUT2D eigenvalue weighted by Crippen LogP contribution is -2.44. The monoisotopic (exact) mass is 417 g/mol. The average molecular weight is 418 g/mol. The van der Waals surface area contributed by atoms with E-state index in [1.54, 1.807) is 0 Å². The molecule has 156 valence electrons. The first-order chi connectivity index (χ1) is 13.9. The molecule has 1 amide bonds. The highest BCUT2D eigenvalue weighted by Gasteiger charge is 2.26. The van der Waals surface area contributed by atoms with Crippen molar-refractivity contribution in [1.29, 1.82) is 0 Å². The van der Waals surface area contributed by atoms with Gasteiger partial charge in [0.2, 0.25) is 0 Å². The first-order valence-corrected chi connectivity index (χ1v) is 10.4. The minimum Gasteiger partial charge on any atom is -0.379 e. The third-order valence-corrected chi connectivity index (χ3v) is 5.77. The fourth-order valence-corrected chi connectivity index (χ4v) is 4.31. The van der Waals surface area contributed by atoms with E-state index in [9.17, 15) is 9.59 Å². The molecule has 0 aliphatic carbocycles. The molecule has 0 spiro atoms. The summed E-state index contributed by atoms with van der Waals surface area (Å²) in [5.41, 5.74) is 3.58. The quantitative estimate of drug-likeness (QED) is 0.675. The third-order valence-electron chi connectivity index (χ3n) is 5.43. The van der Waals surface area contributed by atoms with Gasteiger partial charge in [-0.3, -0.25) is 14.5 Å². The van der Waals surface area contributed by atoms with Gasteiger partial charge in [0.1, 0.15) is 5.69 Å². The van der Waals surface area contributed by atoms with Crippen molar-refractivity contribution in [3.63, 3.8) is 0 Å². The highest BCUT2D eigenvalue weighted by Crippen LogP contribution is 2.28. The van der Waals surface area contributed by atoms with E-state index in [0.717, 1.165) is 29.9 Å². The second-order valence-corrected chi connectivity index (χ2v) is 7.69. The average Bonchev–Trinajstić information content (AvgIpc) is 3.06. The Morgan fingerprint density at radius 2 is 1.97 bits per heavy atom. The molecule has 29 heavy (non-hydrogen) atoms. The molecule has 3 rings (SSSR count). The molecule has 2 N–H and O–H groups in total. The Labute approximate surface area is 176 Å². The van der Waals surface area contributed by atoms with Gasteiger partial charge in [0.25, 0.3) is 5.91 Å². The SMILES string of the molecule is CCc1c(C(=O)NCC(c2ccccc2Cl)N2CCOCC2)[nH]c(C)c1C(C)=O. The van der Waals surface area contributed by atoms with Crippen molar-refractivity contribution in [3.05, 3.63) is 57.4 Å². The first kappa shape index (κ1) is 21.6. The van der Waals surface area contributed by atoms with Gasteiger partial charge < -0.3 is 15.0 Å². The number of carbonyl (C=O) groups is 2. The Bertz CT molecular complexity index is 887. The Balaban J connectivity index is 1.83. The summed E-state index contributed by atoms with van der Waals surface area (Å²) >= 11 is 6.46. The van der Waals surface area contributed by atoms with Crippen LogP contribution in [0.25, 0.3) is 0 Å². The highest BCUT2D eigenvalue weighted by molar-refractivity contribution is 6.31. The van der Waals surface area contributed by atoms with Crippen LogP contribution < -0.4 is 5.32 Å². The number of nitrogens with one attached hydrogen (secondary N) is 2. The lowest BCUT2D eigenvalue weighted by molar-refractivity contribution is 0.0162. The van der Waals surface area contributed by atoms with Crippen molar-refractivity contribution in [3.8, 4) is 0 Å². The molecule has 7 heteroatoms. The van der Waals surface area contributed by atoms with E-state index >= 15 is 0 Å². The molecule has 1 atom stereocenters. The second kappa shape index (κ2) is 9.57. The minimum absolute atomic E-state index is 0.0306. The van der Waals surface area contributed by atoms with Gasteiger partial charge in [-0.1, -0.05) is 36.7 Å². The fourth-order valence-electron chi connectivity index (χ4n) is 4.05. The number of nitrogens with zero attached hydrogens (tertiary/aromatic N) is 1. The van der Waals surface area contributed by atoms with Crippen LogP contribution in [-0.2, 0) is 11.2 Å². The molecule has 2 heterocycles. The van der Waals surface area contributed by atoms with Crippen LogP contribution in [0, 0.1) is 6.92 Å². The number of Topliss-reactive ketones (excluding diaryl/α,β-unsaturated/α-hetero) is 1. The number of halogens is 1. The van der Waals surface area contributed by atoms with E-state index < -0.39 is 0 Å². The Hall–Kier alpha value is -2.15. The lowest BCUT2D eigenvalue weighted by atomic mass is 10.0. The molecule has 0 radical (unpaired) electrons. The van der Waals surface area contributed by atoms with Crippen LogP contribution in [0.5, 0.6) is 0 Å². The molecule has 1 aromatic heterocycles. The van der Waals surface area contributed by atoms with Crippen LogP contribution in [0.4, 0.5) is 0 Å². The molecule has 0 bridgehead atoms. The van der Waals surface area contributed by atoms with E-state index in [4.69, 9.17) is 16.3 Å². The number of ketones is 1. The van der Waals surface area contributed by atoms with Gasteiger partial charge in [-0.2, -0.15) is 0 Å². The number of rotatable bonds is 7. The molecule has 1 aliphatic heterocycles. The number of hydrogen-bond acceptors (Lipinski definition) is 4. The van der Waals surface area contributed by atoms with Crippen LogP contribution in [0.3, 0.4) is 0 Å². The summed E-state index contributed by atoms with van der Waals surface area (Å²) in [5.74, 6) is -0.236. The van der Waals surface area contributed by atoms with Gasteiger partial charge in [-0.15, -0.1) is 0 Å². The number of carbonyl (C=O) groups excluding carboxylic acids is 2. The number of aryl methyl sites for hydroxylation is 1. The van der Waals surface area contributed by atoms with E-state index in [-0.39, 0.29) is 17.7 Å². The summed E-state index contributed by atoms with van der Waals surface area (Å²) in [5, 5.41) is 3.74. The maximum Gasteiger partial charge on any atom is 0.268 e. The molecule has 0 saturated carbocycles. The predicted molar refractivity (Wildman–Crippen MR) is 114 cm³/mol. The Morgan fingerprint density at radius 1 is 1.28 bits per heavy atom. The number of ether oxygens (including phenoxy) is 1. The van der Waals surface area contributed by atoms with Gasteiger partial charge >= 0.3 is 0 Å². The number of morpholine rings is 1. The maximum atomic E-state index is 13.0. The van der Waals surface area contributed by atoms with Gasteiger partial charge in [0.15, 0.2) is 5.78 Å². The minimum atomic E-state index is -0.206. The highest BCUT2D eigenvalue weighted by atomic mass is 35.5. The Morgan fingerprint density at radius 3 is 2.59 bits per heavy atom. The van der Waals surface area contributed by atoms with Gasteiger partial charge in [-0.25, -0.2) is 0 Å². The van der Waals surface area contributed by atoms with E-state index in [0.29, 0.717) is 42.5 Å². The zero-order valence-corrected chi connectivity index (χ0v) is 17.9. The van der Waals surface area contributed by atoms with E-state index in [1.807, 2.05) is 38.1 Å². The van der Waals surface area contributed by atoms with Gasteiger partial charge in [0, 0.05) is 35.9 Å². The summed E-state index contributed by atoms with van der Waals surface area (Å²) in [6.45, 7) is 8.60. The smallest absolute Gasteiger partial charge is 0.268 e. The van der Waals surface area contributed by atoms with Crippen LogP contribution >= 0.6 is 11.6 Å². The number of aromatic amines is 1. The predicted octanol–water partition coefficient (Wildman–Crippen LogP) is 3.54. The van der Waals surface area contributed by atoms with Crippen molar-refractivity contribution in [1.82, 2.24) is 15.2 Å². The van der Waals surface area contributed by atoms with Crippen LogP contribution in [0.1, 0.15) is 57.6 Å². The standard InChI is InChI=1S/C22H28ClN3O3/c1-4-16-20(15(3)27)14(2)25-21(16)22(28)24-13-19(26-9-11-29-12-10-26)17-7-5-6-8-18(17)23/h5-8,19,25H,4,9-13H2,1-3H3,(H,24,28). The zero-order chi connectivity index (χ0) is 21.0.